The molecule has 70 heavy (non-hydrogen) atoms. The Kier molecular flexibility index (Phi) is 40.2. The summed E-state index contributed by atoms with van der Waals surface area (Å²) in [6.45, 7) is 4.51. The maximum atomic E-state index is 13.0. The Hall–Kier alpha value is -5.32. The number of aromatic carboxylic acids is 2. The van der Waals surface area contributed by atoms with Gasteiger partial charge in [-0.25, -0.2) is 19.2 Å². The minimum absolute atomic E-state index is 0.544. The number of benzene rings is 1. The van der Waals surface area contributed by atoms with Crippen molar-refractivity contribution in [1.82, 2.24) is 0 Å². The van der Waals surface area contributed by atoms with Gasteiger partial charge < -0.3 is 19.7 Å². The molecular formula is C60H86O10. The third-order valence-corrected chi connectivity index (χ3v) is 12.2. The third-order valence-electron chi connectivity index (χ3n) is 12.2. The van der Waals surface area contributed by atoms with E-state index in [0.29, 0.717) is 25.0 Å². The van der Waals surface area contributed by atoms with Crippen molar-refractivity contribution in [3.8, 4) is 47.4 Å². The van der Waals surface area contributed by atoms with E-state index in [2.05, 4.69) is 61.2 Å². The number of ether oxygens (including phenoxy) is 2. The Balaban J connectivity index is 2.42. The molecule has 0 saturated heterocycles. The van der Waals surface area contributed by atoms with Crippen molar-refractivity contribution in [1.29, 1.82) is 0 Å². The number of carbonyl (C=O) groups excluding carboxylic acids is 4. The van der Waals surface area contributed by atoms with Crippen LogP contribution in [-0.4, -0.2) is 46.0 Å². The lowest BCUT2D eigenvalue weighted by atomic mass is 9.98. The SMILES string of the molecule is CCCCCCCCCCCCCCCCCCCC#CC#CCC(=O)OC(=O)c1cc(C(=O)O)c(C(=O)O)cc1C(=O)OC(=O)CC#CC#CCCCCCCCCCCCCCCCCCCC. The van der Waals surface area contributed by atoms with E-state index in [1.54, 1.807) is 0 Å². The normalized spacial score (nSPS) is 10.3. The van der Waals surface area contributed by atoms with Crippen LogP contribution in [0, 0.1) is 47.4 Å². The van der Waals surface area contributed by atoms with Crippen LogP contribution in [0.15, 0.2) is 12.1 Å². The third kappa shape index (κ3) is 34.9. The predicted molar refractivity (Wildman–Crippen MR) is 279 cm³/mol. The van der Waals surface area contributed by atoms with E-state index in [1.165, 1.54) is 180 Å². The Morgan fingerprint density at radius 1 is 0.343 bits per heavy atom. The van der Waals surface area contributed by atoms with Crippen LogP contribution in [0.5, 0.6) is 0 Å². The predicted octanol–water partition coefficient (Wildman–Crippen LogP) is 15.3. The number of hydrogen-bond acceptors (Lipinski definition) is 8. The van der Waals surface area contributed by atoms with E-state index in [4.69, 9.17) is 9.47 Å². The molecule has 386 valence electrons. The van der Waals surface area contributed by atoms with Crippen molar-refractivity contribution >= 4 is 35.8 Å². The van der Waals surface area contributed by atoms with E-state index in [-0.39, 0.29) is 0 Å². The van der Waals surface area contributed by atoms with Gasteiger partial charge in [0.25, 0.3) is 0 Å². The lowest BCUT2D eigenvalue weighted by molar-refractivity contribution is -0.138. The van der Waals surface area contributed by atoms with E-state index < -0.39 is 70.9 Å². The molecule has 0 amide bonds. The van der Waals surface area contributed by atoms with Gasteiger partial charge in [0, 0.05) is 12.8 Å². The Labute approximate surface area is 422 Å². The number of unbranched alkanes of at least 4 members (excludes halogenated alkanes) is 34. The minimum atomic E-state index is -1.73. The summed E-state index contributed by atoms with van der Waals surface area (Å²) in [7, 11) is 0. The van der Waals surface area contributed by atoms with Gasteiger partial charge in [0.15, 0.2) is 0 Å². The fraction of sp³-hybridized carbons (Fsp3) is 0.667. The van der Waals surface area contributed by atoms with Gasteiger partial charge in [-0.1, -0.05) is 243 Å². The summed E-state index contributed by atoms with van der Waals surface area (Å²) in [5.41, 5.74) is -3.30. The molecule has 0 heterocycles. The topological polar surface area (TPSA) is 161 Å². The molecule has 1 rings (SSSR count). The maximum Gasteiger partial charge on any atom is 0.346 e. The number of rotatable bonds is 40. The smallest absolute Gasteiger partial charge is 0.346 e. The van der Waals surface area contributed by atoms with Crippen LogP contribution < -0.4 is 0 Å². The van der Waals surface area contributed by atoms with Crippen LogP contribution in [0.1, 0.15) is 299 Å². The summed E-state index contributed by atoms with van der Waals surface area (Å²) in [6.07, 6.45) is 44.1. The van der Waals surface area contributed by atoms with Crippen molar-refractivity contribution in [3.05, 3.63) is 34.4 Å². The summed E-state index contributed by atoms with van der Waals surface area (Å²) in [5, 5.41) is 19.2. The van der Waals surface area contributed by atoms with Crippen LogP contribution in [0.3, 0.4) is 0 Å². The molecule has 0 aliphatic carbocycles. The average Bonchev–Trinajstić information content (AvgIpc) is 3.34. The van der Waals surface area contributed by atoms with Crippen LogP contribution >= 0.6 is 0 Å². The molecule has 0 aliphatic heterocycles. The van der Waals surface area contributed by atoms with Gasteiger partial charge in [-0.15, -0.1) is 0 Å². The van der Waals surface area contributed by atoms with Crippen molar-refractivity contribution in [3.63, 3.8) is 0 Å². The summed E-state index contributed by atoms with van der Waals surface area (Å²) in [5.74, 6) is 12.7. The largest absolute Gasteiger partial charge is 0.478 e. The van der Waals surface area contributed by atoms with Gasteiger partial charge in [0.2, 0.25) is 0 Å². The zero-order chi connectivity index (χ0) is 51.1. The maximum absolute atomic E-state index is 13.0. The molecule has 0 saturated carbocycles. The van der Waals surface area contributed by atoms with Crippen LogP contribution in [0.25, 0.3) is 0 Å². The van der Waals surface area contributed by atoms with Crippen molar-refractivity contribution in [2.75, 3.05) is 0 Å². The molecule has 10 heteroatoms. The van der Waals surface area contributed by atoms with E-state index >= 15 is 0 Å². The average molecular weight is 967 g/mol. The van der Waals surface area contributed by atoms with Crippen molar-refractivity contribution in [2.45, 2.75) is 258 Å². The summed E-state index contributed by atoms with van der Waals surface area (Å²) >= 11 is 0. The highest BCUT2D eigenvalue weighted by molar-refractivity contribution is 6.12. The molecule has 0 atom stereocenters. The first-order chi connectivity index (χ1) is 34.1. The molecule has 1 aromatic carbocycles. The number of hydrogen-bond donors (Lipinski definition) is 2. The highest BCUT2D eigenvalue weighted by Crippen LogP contribution is 2.22. The van der Waals surface area contributed by atoms with Gasteiger partial charge in [0.1, 0.15) is 12.8 Å². The second-order valence-electron chi connectivity index (χ2n) is 18.5. The van der Waals surface area contributed by atoms with Crippen LogP contribution in [0.4, 0.5) is 0 Å². The molecule has 0 spiro atoms. The monoisotopic (exact) mass is 967 g/mol. The first kappa shape index (κ1) is 62.7. The number of carboxylic acids is 2. The zero-order valence-electron chi connectivity index (χ0n) is 43.2. The molecule has 0 radical (unpaired) electrons. The quantitative estimate of drug-likeness (QED) is 0.0280. The Morgan fingerprint density at radius 3 is 0.814 bits per heavy atom. The van der Waals surface area contributed by atoms with E-state index in [9.17, 15) is 39.0 Å². The summed E-state index contributed by atoms with van der Waals surface area (Å²) < 4.78 is 9.59. The summed E-state index contributed by atoms with van der Waals surface area (Å²) in [4.78, 5) is 74.7. The molecule has 0 unspecified atom stereocenters. The molecule has 0 bridgehead atoms. The zero-order valence-corrected chi connectivity index (χ0v) is 43.2. The standard InChI is InChI=1S/C60H86O10/c1-3-5-7-9-11-13-15-17-19-21-23-25-27-29-31-33-35-37-39-41-43-45-47-55(61)69-59(67)53-49-51(57(63)64)52(58(65)66)50-54(53)60(68)70-56(62)48-46-44-42-40-38-36-34-32-30-28-26-24-22-20-18-16-14-12-10-8-6-4-2/h49-50H,3-38,47-48H2,1-2H3,(H,63,64)(H,65,66). The second kappa shape index (κ2) is 44.9. The fourth-order valence-corrected chi connectivity index (χ4v) is 8.09. The van der Waals surface area contributed by atoms with Crippen molar-refractivity contribution in [2.24, 2.45) is 0 Å². The van der Waals surface area contributed by atoms with Gasteiger partial charge in [-0.3, -0.25) is 9.59 Å². The molecular weight excluding hydrogens is 881 g/mol. The second-order valence-corrected chi connectivity index (χ2v) is 18.5. The van der Waals surface area contributed by atoms with Crippen LogP contribution in [0.2, 0.25) is 0 Å². The first-order valence-electron chi connectivity index (χ1n) is 27.2. The highest BCUT2D eigenvalue weighted by atomic mass is 16.6. The number of carboxylic acid groups (broad SMARTS) is 2. The minimum Gasteiger partial charge on any atom is -0.478 e. The lowest BCUT2D eigenvalue weighted by Gasteiger charge is -2.11. The molecule has 0 fully saturated rings. The Morgan fingerprint density at radius 2 is 0.571 bits per heavy atom. The van der Waals surface area contributed by atoms with E-state index in [1.807, 2.05) is 0 Å². The van der Waals surface area contributed by atoms with Crippen LogP contribution in [-0.2, 0) is 19.1 Å². The molecule has 0 aliphatic rings. The molecule has 10 nitrogen and oxygen atoms in total. The first-order valence-corrected chi connectivity index (χ1v) is 27.2. The van der Waals surface area contributed by atoms with E-state index in [0.717, 1.165) is 38.5 Å². The molecule has 2 N–H and O–H groups in total. The Bertz CT molecular complexity index is 1790. The lowest BCUT2D eigenvalue weighted by Crippen LogP contribution is -2.21. The number of carbonyl (C=O) groups is 6. The van der Waals surface area contributed by atoms with Gasteiger partial charge in [-0.2, -0.15) is 0 Å². The fourth-order valence-electron chi connectivity index (χ4n) is 8.09. The van der Waals surface area contributed by atoms with Gasteiger partial charge in [0.05, 0.1) is 22.3 Å². The van der Waals surface area contributed by atoms with Gasteiger partial charge >= 0.3 is 35.8 Å². The highest BCUT2D eigenvalue weighted by Gasteiger charge is 2.29. The van der Waals surface area contributed by atoms with Crippen molar-refractivity contribution < 1.29 is 48.5 Å². The molecule has 0 aromatic heterocycles. The summed E-state index contributed by atoms with van der Waals surface area (Å²) in [6, 6.07) is 1.16. The van der Waals surface area contributed by atoms with Gasteiger partial charge in [-0.05, 0) is 48.7 Å². The molecule has 1 aromatic rings. The number of esters is 4.